The van der Waals surface area contributed by atoms with Crippen LogP contribution in [0.3, 0.4) is 0 Å². The first-order valence-electron chi connectivity index (χ1n) is 5.41. The minimum atomic E-state index is -4.53. The first-order valence-corrected chi connectivity index (χ1v) is 7.30. The highest BCUT2D eigenvalue weighted by molar-refractivity contribution is 14.1. The Labute approximate surface area is 131 Å². The molecular formula is C12H9F3INO2S. The molecule has 0 saturated heterocycles. The van der Waals surface area contributed by atoms with Crippen molar-refractivity contribution in [1.29, 1.82) is 5.26 Å². The van der Waals surface area contributed by atoms with Crippen LogP contribution in [0.4, 0.5) is 13.2 Å². The first kappa shape index (κ1) is 17.1. The molecule has 0 aliphatic heterocycles. The molecule has 0 unspecified atom stereocenters. The Morgan fingerprint density at radius 2 is 2.15 bits per heavy atom. The van der Waals surface area contributed by atoms with Crippen molar-refractivity contribution in [2.75, 3.05) is 6.61 Å². The molecule has 0 aliphatic carbocycles. The average molecular weight is 415 g/mol. The number of alkyl halides is 3. The molecule has 3 nitrogen and oxygen atoms in total. The van der Waals surface area contributed by atoms with Crippen LogP contribution in [-0.4, -0.2) is 18.1 Å². The Kier molecular flexibility index (Phi) is 6.13. The fourth-order valence-electron chi connectivity index (χ4n) is 1.44. The third-order valence-electron chi connectivity index (χ3n) is 2.16. The number of ether oxygens (including phenoxy) is 1. The van der Waals surface area contributed by atoms with Gasteiger partial charge in [-0.15, -0.1) is 0 Å². The van der Waals surface area contributed by atoms with Crippen LogP contribution in [-0.2, 0) is 16.0 Å². The third kappa shape index (κ3) is 4.86. The maximum absolute atomic E-state index is 12.6. The number of nitriles is 1. The molecular weight excluding hydrogens is 406 g/mol. The number of thioether (sulfide) groups is 1. The van der Waals surface area contributed by atoms with Gasteiger partial charge in [-0.1, -0.05) is 6.07 Å². The van der Waals surface area contributed by atoms with Crippen molar-refractivity contribution in [3.05, 3.63) is 26.8 Å². The maximum atomic E-state index is 12.6. The zero-order valence-electron chi connectivity index (χ0n) is 10.3. The van der Waals surface area contributed by atoms with Crippen LogP contribution in [0.15, 0.2) is 17.0 Å². The lowest BCUT2D eigenvalue weighted by Gasteiger charge is -2.13. The molecule has 20 heavy (non-hydrogen) atoms. The summed E-state index contributed by atoms with van der Waals surface area (Å²) in [6.45, 7) is 1.76. The lowest BCUT2D eigenvalue weighted by Crippen LogP contribution is -2.11. The summed E-state index contributed by atoms with van der Waals surface area (Å²) in [6.07, 6.45) is -0.294. The van der Waals surface area contributed by atoms with E-state index in [9.17, 15) is 18.0 Å². The fraction of sp³-hybridized carbons (Fsp3) is 0.333. The summed E-state index contributed by atoms with van der Waals surface area (Å²) in [5.41, 5.74) is -4.46. The number of benzene rings is 1. The average Bonchev–Trinajstić information content (AvgIpc) is 2.31. The van der Waals surface area contributed by atoms with Crippen LogP contribution in [0, 0.1) is 14.9 Å². The van der Waals surface area contributed by atoms with Gasteiger partial charge in [-0.3, -0.25) is 4.79 Å². The van der Waals surface area contributed by atoms with Gasteiger partial charge in [0, 0.05) is 8.47 Å². The highest BCUT2D eigenvalue weighted by atomic mass is 127. The lowest BCUT2D eigenvalue weighted by atomic mass is 10.1. The molecule has 1 rings (SSSR count). The van der Waals surface area contributed by atoms with E-state index in [0.717, 1.165) is 0 Å². The summed E-state index contributed by atoms with van der Waals surface area (Å²) < 4.78 is 42.9. The molecule has 0 amide bonds. The van der Waals surface area contributed by atoms with E-state index in [-0.39, 0.29) is 40.8 Å². The molecule has 0 atom stereocenters. The van der Waals surface area contributed by atoms with Crippen LogP contribution >= 0.6 is 34.4 Å². The van der Waals surface area contributed by atoms with Gasteiger partial charge in [0.15, 0.2) is 0 Å². The van der Waals surface area contributed by atoms with Gasteiger partial charge in [-0.2, -0.15) is 18.4 Å². The second-order valence-electron chi connectivity index (χ2n) is 3.55. The van der Waals surface area contributed by atoms with Crippen molar-refractivity contribution in [2.45, 2.75) is 23.7 Å². The minimum Gasteiger partial charge on any atom is -0.466 e. The van der Waals surface area contributed by atoms with E-state index in [2.05, 4.69) is 0 Å². The molecule has 0 aromatic heterocycles. The number of carbonyl (C=O) groups excluding carboxylic acids is 1. The Bertz CT molecular complexity index is 555. The zero-order chi connectivity index (χ0) is 15.3. The second kappa shape index (κ2) is 7.17. The molecule has 108 valence electrons. The Balaban J connectivity index is 3.23. The number of rotatable bonds is 4. The Morgan fingerprint density at radius 3 is 2.65 bits per heavy atom. The molecule has 0 bridgehead atoms. The molecule has 0 heterocycles. The quantitative estimate of drug-likeness (QED) is 0.426. The van der Waals surface area contributed by atoms with Crippen LogP contribution < -0.4 is 0 Å². The van der Waals surface area contributed by atoms with E-state index in [4.69, 9.17) is 10.00 Å². The van der Waals surface area contributed by atoms with Crippen molar-refractivity contribution in [3.8, 4) is 6.07 Å². The van der Waals surface area contributed by atoms with Gasteiger partial charge in [0.25, 0.3) is 0 Å². The van der Waals surface area contributed by atoms with E-state index < -0.39 is 11.5 Å². The van der Waals surface area contributed by atoms with Crippen LogP contribution in [0.2, 0.25) is 0 Å². The van der Waals surface area contributed by atoms with Crippen LogP contribution in [0.1, 0.15) is 18.1 Å². The van der Waals surface area contributed by atoms with E-state index in [1.807, 2.05) is 0 Å². The van der Waals surface area contributed by atoms with Crippen molar-refractivity contribution in [1.82, 2.24) is 0 Å². The molecule has 0 N–H and O–H groups in total. The van der Waals surface area contributed by atoms with Crippen molar-refractivity contribution in [3.63, 3.8) is 0 Å². The highest BCUT2D eigenvalue weighted by Gasteiger charge is 2.32. The lowest BCUT2D eigenvalue weighted by molar-refractivity contribution is -0.142. The largest absolute Gasteiger partial charge is 0.466 e. The highest BCUT2D eigenvalue weighted by Crippen LogP contribution is 2.41. The Morgan fingerprint density at radius 1 is 1.50 bits per heavy atom. The predicted molar refractivity (Wildman–Crippen MR) is 76.1 cm³/mol. The molecule has 0 spiro atoms. The number of carbonyl (C=O) groups is 1. The SMILES string of the molecule is CCOC(=O)Cc1ccc(I)c(C#N)c1SC(F)(F)F. The van der Waals surface area contributed by atoms with E-state index in [0.29, 0.717) is 3.57 Å². The summed E-state index contributed by atoms with van der Waals surface area (Å²) in [5, 5.41) is 9.01. The van der Waals surface area contributed by atoms with Crippen molar-refractivity contribution in [2.24, 2.45) is 0 Å². The summed E-state index contributed by atoms with van der Waals surface area (Å²) in [5.74, 6) is -0.623. The Hall–Kier alpha value is -0.950. The summed E-state index contributed by atoms with van der Waals surface area (Å²) >= 11 is 1.40. The molecule has 0 radical (unpaired) electrons. The monoisotopic (exact) mass is 415 g/mol. The summed E-state index contributed by atoms with van der Waals surface area (Å²) in [7, 11) is 0. The zero-order valence-corrected chi connectivity index (χ0v) is 13.2. The van der Waals surface area contributed by atoms with Gasteiger partial charge >= 0.3 is 11.5 Å². The van der Waals surface area contributed by atoms with Gasteiger partial charge in [-0.05, 0) is 52.9 Å². The van der Waals surface area contributed by atoms with Crippen molar-refractivity contribution < 1.29 is 22.7 Å². The number of hydrogen-bond donors (Lipinski definition) is 0. The van der Waals surface area contributed by atoms with Crippen LogP contribution in [0.5, 0.6) is 0 Å². The van der Waals surface area contributed by atoms with Gasteiger partial charge in [0.1, 0.15) is 6.07 Å². The fourth-order valence-corrected chi connectivity index (χ4v) is 2.96. The number of halogens is 4. The van der Waals surface area contributed by atoms with Gasteiger partial charge in [0.05, 0.1) is 18.6 Å². The smallest absolute Gasteiger partial charge is 0.446 e. The minimum absolute atomic E-state index is 0.0743. The summed E-state index contributed by atoms with van der Waals surface area (Å²) in [6, 6.07) is 4.67. The normalized spacial score (nSPS) is 11.0. The number of hydrogen-bond acceptors (Lipinski definition) is 4. The molecule has 1 aromatic carbocycles. The van der Waals surface area contributed by atoms with E-state index in [1.165, 1.54) is 12.1 Å². The van der Waals surface area contributed by atoms with Gasteiger partial charge in [-0.25, -0.2) is 0 Å². The molecule has 0 fully saturated rings. The topological polar surface area (TPSA) is 50.1 Å². The van der Waals surface area contributed by atoms with Crippen LogP contribution in [0.25, 0.3) is 0 Å². The van der Waals surface area contributed by atoms with Gasteiger partial charge < -0.3 is 4.74 Å². The predicted octanol–water partition coefficient (Wildman–Crippen LogP) is 3.88. The molecule has 8 heteroatoms. The standard InChI is InChI=1S/C12H9F3INO2S/c1-2-19-10(18)5-7-3-4-9(16)8(6-17)11(7)20-12(13,14)15/h3-4H,2,5H2,1H3. The number of esters is 1. The van der Waals surface area contributed by atoms with Gasteiger partial charge in [0.2, 0.25) is 0 Å². The second-order valence-corrected chi connectivity index (χ2v) is 5.79. The first-order chi connectivity index (χ1) is 9.28. The molecule has 0 saturated carbocycles. The van der Waals surface area contributed by atoms with E-state index in [1.54, 1.807) is 35.6 Å². The third-order valence-corrected chi connectivity index (χ3v) is 3.96. The van der Waals surface area contributed by atoms with E-state index >= 15 is 0 Å². The molecule has 1 aromatic rings. The molecule has 0 aliphatic rings. The van der Waals surface area contributed by atoms with Crippen molar-refractivity contribution >= 4 is 40.3 Å². The maximum Gasteiger partial charge on any atom is 0.446 e. The number of nitrogens with zero attached hydrogens (tertiary/aromatic N) is 1. The summed E-state index contributed by atoms with van der Waals surface area (Å²) in [4.78, 5) is 11.2.